The molecule has 6 nitrogen and oxygen atoms in total. The summed E-state index contributed by atoms with van der Waals surface area (Å²) in [5.41, 5.74) is 0.727. The van der Waals surface area contributed by atoms with Crippen LogP contribution in [-0.4, -0.2) is 41.6 Å². The van der Waals surface area contributed by atoms with Gasteiger partial charge in [0.25, 0.3) is 0 Å². The fourth-order valence-corrected chi connectivity index (χ4v) is 3.11. The van der Waals surface area contributed by atoms with Gasteiger partial charge in [-0.05, 0) is 57.7 Å². The zero-order valence-corrected chi connectivity index (χ0v) is 16.1. The number of likely N-dealkylation sites (tertiary alicyclic amines) is 1. The minimum absolute atomic E-state index is 0.0597. The van der Waals surface area contributed by atoms with Gasteiger partial charge in [0, 0.05) is 12.5 Å². The summed E-state index contributed by atoms with van der Waals surface area (Å²) < 4.78 is 10.4. The number of ether oxygens (including phenoxy) is 2. The van der Waals surface area contributed by atoms with Gasteiger partial charge in [-0.3, -0.25) is 4.79 Å². The third kappa shape index (κ3) is 4.62. The van der Waals surface area contributed by atoms with E-state index in [0.717, 1.165) is 5.56 Å². The predicted molar refractivity (Wildman–Crippen MR) is 96.9 cm³/mol. The van der Waals surface area contributed by atoms with Gasteiger partial charge in [0.1, 0.15) is 5.60 Å². The molecule has 0 aliphatic carbocycles. The van der Waals surface area contributed by atoms with Gasteiger partial charge in [-0.15, -0.1) is 0 Å². The van der Waals surface area contributed by atoms with Gasteiger partial charge in [-0.2, -0.15) is 0 Å². The second-order valence-corrected chi connectivity index (χ2v) is 7.50. The largest absolute Gasteiger partial charge is 0.462 e. The van der Waals surface area contributed by atoms with Crippen LogP contribution in [0, 0.1) is 5.92 Å². The second-order valence-electron chi connectivity index (χ2n) is 7.50. The standard InChI is InChI=1S/C20H27NO5/c1-6-25-18(23)15-9-7-8-14(12-15)16-10-11-21(17(22)13(16)2)19(24)26-20(3,4)5/h7-9,12-13,16H,6,10-11H2,1-5H3/t13-,16+/m0/s1. The van der Waals surface area contributed by atoms with Crippen molar-refractivity contribution >= 4 is 18.0 Å². The van der Waals surface area contributed by atoms with E-state index in [0.29, 0.717) is 25.1 Å². The van der Waals surface area contributed by atoms with Crippen molar-refractivity contribution in [2.24, 2.45) is 5.92 Å². The molecule has 142 valence electrons. The number of carbonyl (C=O) groups excluding carboxylic acids is 3. The molecule has 0 unspecified atom stereocenters. The SMILES string of the molecule is CCOC(=O)c1cccc([C@@H]2CCN(C(=O)OC(C)(C)C)C(=O)[C@H]2C)c1. The van der Waals surface area contributed by atoms with E-state index in [4.69, 9.17) is 9.47 Å². The average Bonchev–Trinajstić information content (AvgIpc) is 2.56. The predicted octanol–water partition coefficient (Wildman–Crippen LogP) is 3.75. The lowest BCUT2D eigenvalue weighted by Crippen LogP contribution is -2.48. The first kappa shape index (κ1) is 19.9. The normalized spacial score (nSPS) is 20.7. The lowest BCUT2D eigenvalue weighted by Gasteiger charge is -2.36. The van der Waals surface area contributed by atoms with Gasteiger partial charge in [-0.1, -0.05) is 19.1 Å². The summed E-state index contributed by atoms with van der Waals surface area (Å²) in [5.74, 6) is -1.07. The highest BCUT2D eigenvalue weighted by molar-refractivity contribution is 5.94. The van der Waals surface area contributed by atoms with Crippen molar-refractivity contribution in [1.29, 1.82) is 0 Å². The van der Waals surface area contributed by atoms with Gasteiger partial charge >= 0.3 is 12.1 Å². The van der Waals surface area contributed by atoms with E-state index in [-0.39, 0.29) is 23.7 Å². The highest BCUT2D eigenvalue weighted by Crippen LogP contribution is 2.34. The molecule has 2 rings (SSSR count). The summed E-state index contributed by atoms with van der Waals surface area (Å²) in [6.45, 7) is 9.49. The molecule has 1 fully saturated rings. The quantitative estimate of drug-likeness (QED) is 0.767. The molecule has 26 heavy (non-hydrogen) atoms. The molecule has 1 aliphatic heterocycles. The van der Waals surface area contributed by atoms with Crippen molar-refractivity contribution in [3.8, 4) is 0 Å². The lowest BCUT2D eigenvalue weighted by atomic mass is 9.80. The summed E-state index contributed by atoms with van der Waals surface area (Å²) in [7, 11) is 0. The van der Waals surface area contributed by atoms with Gasteiger partial charge in [0.2, 0.25) is 5.91 Å². The minimum atomic E-state index is -0.647. The molecule has 2 amide bonds. The number of rotatable bonds is 3. The Morgan fingerprint density at radius 1 is 1.27 bits per heavy atom. The molecule has 0 radical (unpaired) electrons. The maximum Gasteiger partial charge on any atom is 0.417 e. The Hall–Kier alpha value is -2.37. The van der Waals surface area contributed by atoms with E-state index in [1.165, 1.54) is 4.90 Å². The fourth-order valence-electron chi connectivity index (χ4n) is 3.11. The van der Waals surface area contributed by atoms with E-state index in [1.54, 1.807) is 52.8 Å². The number of benzene rings is 1. The van der Waals surface area contributed by atoms with Crippen LogP contribution in [0.4, 0.5) is 4.79 Å². The van der Waals surface area contributed by atoms with Gasteiger partial charge in [-0.25, -0.2) is 14.5 Å². The third-order valence-electron chi connectivity index (χ3n) is 4.36. The highest BCUT2D eigenvalue weighted by Gasteiger charge is 2.39. The molecule has 1 heterocycles. The molecule has 1 aromatic rings. The number of hydrogen-bond donors (Lipinski definition) is 0. The van der Waals surface area contributed by atoms with Gasteiger partial charge in [0.15, 0.2) is 0 Å². The summed E-state index contributed by atoms with van der Waals surface area (Å²) in [6.07, 6.45) is 0.0198. The Labute approximate surface area is 154 Å². The monoisotopic (exact) mass is 361 g/mol. The number of imide groups is 1. The maximum absolute atomic E-state index is 12.7. The van der Waals surface area contributed by atoms with Crippen molar-refractivity contribution < 1.29 is 23.9 Å². The van der Waals surface area contributed by atoms with Crippen LogP contribution in [0.3, 0.4) is 0 Å². The number of amides is 2. The summed E-state index contributed by atoms with van der Waals surface area (Å²) in [6, 6.07) is 7.17. The first-order valence-corrected chi connectivity index (χ1v) is 8.95. The molecule has 2 atom stereocenters. The van der Waals surface area contributed by atoms with Crippen LogP contribution in [-0.2, 0) is 14.3 Å². The molecule has 1 aromatic carbocycles. The molecular weight excluding hydrogens is 334 g/mol. The lowest BCUT2D eigenvalue weighted by molar-refractivity contribution is -0.137. The van der Waals surface area contributed by atoms with Crippen molar-refractivity contribution in [2.45, 2.75) is 52.6 Å². The van der Waals surface area contributed by atoms with E-state index in [9.17, 15) is 14.4 Å². The van der Waals surface area contributed by atoms with Gasteiger partial charge in [0.05, 0.1) is 12.2 Å². The molecule has 1 aliphatic rings. The van der Waals surface area contributed by atoms with E-state index >= 15 is 0 Å². The zero-order chi connectivity index (χ0) is 19.5. The number of piperidine rings is 1. The second kappa shape index (κ2) is 7.89. The Balaban J connectivity index is 2.15. The Bertz CT molecular complexity index is 692. The first-order chi connectivity index (χ1) is 12.1. The third-order valence-corrected chi connectivity index (χ3v) is 4.36. The minimum Gasteiger partial charge on any atom is -0.462 e. The maximum atomic E-state index is 12.7. The van der Waals surface area contributed by atoms with Crippen LogP contribution < -0.4 is 0 Å². The van der Waals surface area contributed by atoms with Crippen molar-refractivity contribution in [3.05, 3.63) is 35.4 Å². The number of hydrogen-bond acceptors (Lipinski definition) is 5. The molecule has 0 bridgehead atoms. The smallest absolute Gasteiger partial charge is 0.417 e. The van der Waals surface area contributed by atoms with Crippen LogP contribution in [0.1, 0.15) is 62.9 Å². The number of carbonyl (C=O) groups is 3. The van der Waals surface area contributed by atoms with E-state index in [1.807, 2.05) is 6.07 Å². The summed E-state index contributed by atoms with van der Waals surface area (Å²) in [4.78, 5) is 38.1. The van der Waals surface area contributed by atoms with Crippen LogP contribution in [0.25, 0.3) is 0 Å². The van der Waals surface area contributed by atoms with Gasteiger partial charge < -0.3 is 9.47 Å². The zero-order valence-electron chi connectivity index (χ0n) is 16.1. The van der Waals surface area contributed by atoms with Crippen LogP contribution >= 0.6 is 0 Å². The number of esters is 1. The van der Waals surface area contributed by atoms with Crippen molar-refractivity contribution in [1.82, 2.24) is 4.90 Å². The topological polar surface area (TPSA) is 72.9 Å². The summed E-state index contributed by atoms with van der Waals surface area (Å²) >= 11 is 0. The molecule has 0 N–H and O–H groups in total. The molecular formula is C20H27NO5. The molecule has 6 heteroatoms. The Morgan fingerprint density at radius 2 is 1.96 bits per heavy atom. The summed E-state index contributed by atoms with van der Waals surface area (Å²) in [5, 5.41) is 0. The average molecular weight is 361 g/mol. The molecule has 0 aromatic heterocycles. The fraction of sp³-hybridized carbons (Fsp3) is 0.550. The molecule has 0 spiro atoms. The van der Waals surface area contributed by atoms with E-state index < -0.39 is 11.7 Å². The number of nitrogens with zero attached hydrogens (tertiary/aromatic N) is 1. The van der Waals surface area contributed by atoms with Crippen molar-refractivity contribution in [3.63, 3.8) is 0 Å². The molecule has 0 saturated carbocycles. The molecule has 1 saturated heterocycles. The van der Waals surface area contributed by atoms with Crippen LogP contribution in [0.2, 0.25) is 0 Å². The Morgan fingerprint density at radius 3 is 2.58 bits per heavy atom. The van der Waals surface area contributed by atoms with Crippen LogP contribution in [0.15, 0.2) is 24.3 Å². The first-order valence-electron chi connectivity index (χ1n) is 8.95. The van der Waals surface area contributed by atoms with E-state index in [2.05, 4.69) is 0 Å². The van der Waals surface area contributed by atoms with Crippen molar-refractivity contribution in [2.75, 3.05) is 13.2 Å². The highest BCUT2D eigenvalue weighted by atomic mass is 16.6. The van der Waals surface area contributed by atoms with Crippen LogP contribution in [0.5, 0.6) is 0 Å². The Kier molecular flexibility index (Phi) is 6.05.